The number of nitrogens with zero attached hydrogens (tertiary/aromatic N) is 1. The molecule has 0 aliphatic carbocycles. The van der Waals surface area contributed by atoms with Crippen LogP contribution >= 0.6 is 63.1 Å². The van der Waals surface area contributed by atoms with E-state index in [1.807, 2.05) is 18.2 Å². The normalized spacial score (nSPS) is 10.4. The average Bonchev–Trinajstić information content (AvgIpc) is 2.79. The number of nitrogens with one attached hydrogen (secondary N) is 2. The maximum absolute atomic E-state index is 10.8. The summed E-state index contributed by atoms with van der Waals surface area (Å²) >= 11 is 21.8. The van der Waals surface area contributed by atoms with Gasteiger partial charge < -0.3 is 20.1 Å². The van der Waals surface area contributed by atoms with Crippen molar-refractivity contribution >= 4 is 74.5 Å². The number of halogens is 5. The maximum Gasteiger partial charge on any atom is 0.271 e. The van der Waals surface area contributed by atoms with Crippen molar-refractivity contribution in [3.63, 3.8) is 0 Å². The predicted octanol–water partition coefficient (Wildman–Crippen LogP) is 7.53. The Balaban J connectivity index is 0.00000432. The van der Waals surface area contributed by atoms with Crippen LogP contribution in [-0.4, -0.2) is 25.1 Å². The summed E-state index contributed by atoms with van der Waals surface area (Å²) in [5.41, 5.74) is 2.40. The van der Waals surface area contributed by atoms with E-state index < -0.39 is 4.92 Å². The standard InChI is InChI=1S/C23H21BrCl3N3O4.ClH/c1-33-22-9-14(8-18(24)23(22)34-13-15-2-3-16(25)10-19(15)26)12-28-6-7-29-21-5-4-17(30(31)32)11-20(21)27;/h2-5,8-11,28-29H,6-7,12-13H2,1H3;1H. The number of rotatable bonds is 11. The maximum atomic E-state index is 10.8. The van der Waals surface area contributed by atoms with Crippen molar-refractivity contribution in [1.82, 2.24) is 5.32 Å². The molecule has 0 saturated carbocycles. The molecular weight excluding hydrogens is 604 g/mol. The highest BCUT2D eigenvalue weighted by atomic mass is 79.9. The van der Waals surface area contributed by atoms with Crippen molar-refractivity contribution in [3.8, 4) is 11.5 Å². The summed E-state index contributed by atoms with van der Waals surface area (Å²) in [5.74, 6) is 1.17. The van der Waals surface area contributed by atoms with Crippen LogP contribution in [0.5, 0.6) is 11.5 Å². The van der Waals surface area contributed by atoms with Crippen LogP contribution in [-0.2, 0) is 13.2 Å². The van der Waals surface area contributed by atoms with Gasteiger partial charge in [0, 0.05) is 47.4 Å². The molecule has 3 rings (SSSR count). The molecule has 0 heterocycles. The van der Waals surface area contributed by atoms with E-state index in [1.54, 1.807) is 25.3 Å². The second kappa shape index (κ2) is 14.0. The van der Waals surface area contributed by atoms with E-state index in [9.17, 15) is 10.1 Å². The number of non-ortho nitro benzene ring substituents is 1. The molecule has 0 amide bonds. The van der Waals surface area contributed by atoms with Gasteiger partial charge in [-0.05, 0) is 51.8 Å². The lowest BCUT2D eigenvalue weighted by atomic mass is 10.2. The minimum atomic E-state index is -0.479. The Morgan fingerprint density at radius 1 is 1.03 bits per heavy atom. The third-order valence-corrected chi connectivity index (χ3v) is 6.27. The Hall–Kier alpha value is -1.94. The molecule has 3 aromatic rings. The number of anilines is 1. The quantitative estimate of drug-likeness (QED) is 0.130. The number of hydrogen-bond donors (Lipinski definition) is 2. The molecule has 0 aliphatic heterocycles. The van der Waals surface area contributed by atoms with Crippen LogP contribution < -0.4 is 20.1 Å². The number of nitro groups is 1. The Morgan fingerprint density at radius 2 is 1.80 bits per heavy atom. The van der Waals surface area contributed by atoms with E-state index in [0.29, 0.717) is 51.9 Å². The van der Waals surface area contributed by atoms with Gasteiger partial charge >= 0.3 is 0 Å². The van der Waals surface area contributed by atoms with E-state index in [2.05, 4.69) is 26.6 Å². The van der Waals surface area contributed by atoms with Crippen molar-refractivity contribution in [2.24, 2.45) is 0 Å². The fourth-order valence-electron chi connectivity index (χ4n) is 3.08. The van der Waals surface area contributed by atoms with Crippen molar-refractivity contribution in [2.75, 3.05) is 25.5 Å². The predicted molar refractivity (Wildman–Crippen MR) is 147 cm³/mol. The fourth-order valence-corrected chi connectivity index (χ4v) is 4.39. The van der Waals surface area contributed by atoms with Gasteiger partial charge in [-0.15, -0.1) is 12.4 Å². The van der Waals surface area contributed by atoms with Crippen LogP contribution in [0, 0.1) is 10.1 Å². The van der Waals surface area contributed by atoms with Crippen LogP contribution in [0.15, 0.2) is 53.0 Å². The van der Waals surface area contributed by atoms with E-state index in [1.165, 1.54) is 12.1 Å². The SMILES string of the molecule is COc1cc(CNCCNc2ccc([N+](=O)[O-])cc2Cl)cc(Br)c1OCc1ccc(Cl)cc1Cl.Cl. The lowest BCUT2D eigenvalue weighted by molar-refractivity contribution is -0.384. The van der Waals surface area contributed by atoms with Crippen LogP contribution in [0.1, 0.15) is 11.1 Å². The number of hydrogen-bond acceptors (Lipinski definition) is 6. The first-order chi connectivity index (χ1) is 16.3. The fraction of sp³-hybridized carbons (Fsp3) is 0.217. The molecule has 0 unspecified atom stereocenters. The lowest BCUT2D eigenvalue weighted by Gasteiger charge is -2.15. The molecule has 2 N–H and O–H groups in total. The number of nitro benzene ring substituents is 1. The Bertz CT molecular complexity index is 1180. The summed E-state index contributed by atoms with van der Waals surface area (Å²) in [6.07, 6.45) is 0. The van der Waals surface area contributed by atoms with Crippen molar-refractivity contribution < 1.29 is 14.4 Å². The summed E-state index contributed by atoms with van der Waals surface area (Å²) in [4.78, 5) is 10.3. The first-order valence-corrected chi connectivity index (χ1v) is 12.0. The van der Waals surface area contributed by atoms with Gasteiger partial charge in [-0.1, -0.05) is 40.9 Å². The van der Waals surface area contributed by atoms with E-state index in [0.717, 1.165) is 15.6 Å². The number of methoxy groups -OCH3 is 1. The van der Waals surface area contributed by atoms with Crippen LogP contribution in [0.2, 0.25) is 15.1 Å². The van der Waals surface area contributed by atoms with Gasteiger partial charge in [0.2, 0.25) is 0 Å². The molecule has 188 valence electrons. The molecule has 12 heteroatoms. The van der Waals surface area contributed by atoms with Crippen LogP contribution in [0.4, 0.5) is 11.4 Å². The number of benzene rings is 3. The van der Waals surface area contributed by atoms with Gasteiger partial charge in [-0.2, -0.15) is 0 Å². The molecule has 35 heavy (non-hydrogen) atoms. The Kier molecular flexibility index (Phi) is 11.7. The van der Waals surface area contributed by atoms with Gasteiger partial charge in [0.25, 0.3) is 5.69 Å². The molecule has 0 aromatic heterocycles. The highest BCUT2D eigenvalue weighted by Gasteiger charge is 2.13. The molecule has 0 radical (unpaired) electrons. The number of ether oxygens (including phenoxy) is 2. The van der Waals surface area contributed by atoms with Crippen molar-refractivity contribution in [3.05, 3.63) is 89.3 Å². The zero-order valence-corrected chi connectivity index (χ0v) is 23.1. The topological polar surface area (TPSA) is 85.7 Å². The minimum absolute atomic E-state index is 0. The third kappa shape index (κ3) is 8.31. The Morgan fingerprint density at radius 3 is 2.46 bits per heavy atom. The average molecular weight is 626 g/mol. The Labute approximate surface area is 232 Å². The summed E-state index contributed by atoms with van der Waals surface area (Å²) in [6.45, 7) is 2.08. The summed E-state index contributed by atoms with van der Waals surface area (Å²) < 4.78 is 12.2. The molecule has 0 saturated heterocycles. The van der Waals surface area contributed by atoms with Gasteiger partial charge in [-0.25, -0.2) is 0 Å². The van der Waals surface area contributed by atoms with Gasteiger partial charge in [-0.3, -0.25) is 10.1 Å². The second-order valence-corrected chi connectivity index (χ2v) is 9.26. The summed E-state index contributed by atoms with van der Waals surface area (Å²) in [6, 6.07) is 13.4. The summed E-state index contributed by atoms with van der Waals surface area (Å²) in [5, 5.41) is 18.7. The van der Waals surface area contributed by atoms with Gasteiger partial charge in [0.05, 0.1) is 27.2 Å². The minimum Gasteiger partial charge on any atom is -0.493 e. The van der Waals surface area contributed by atoms with Gasteiger partial charge in [0.15, 0.2) is 11.5 Å². The molecule has 3 aromatic carbocycles. The third-order valence-electron chi connectivity index (χ3n) is 4.79. The highest BCUT2D eigenvalue weighted by Crippen LogP contribution is 2.37. The van der Waals surface area contributed by atoms with Crippen molar-refractivity contribution in [2.45, 2.75) is 13.2 Å². The summed E-state index contributed by atoms with van der Waals surface area (Å²) in [7, 11) is 1.58. The first kappa shape index (κ1) is 29.3. The van der Waals surface area contributed by atoms with Gasteiger partial charge in [0.1, 0.15) is 6.61 Å². The molecule has 7 nitrogen and oxygen atoms in total. The monoisotopic (exact) mass is 623 g/mol. The molecule has 0 aliphatic rings. The largest absolute Gasteiger partial charge is 0.493 e. The smallest absolute Gasteiger partial charge is 0.271 e. The van der Waals surface area contributed by atoms with E-state index in [-0.39, 0.29) is 24.7 Å². The zero-order valence-electron chi connectivity index (χ0n) is 18.4. The molecule has 0 bridgehead atoms. The van der Waals surface area contributed by atoms with Crippen LogP contribution in [0.25, 0.3) is 0 Å². The molecule has 0 atom stereocenters. The lowest BCUT2D eigenvalue weighted by Crippen LogP contribution is -2.22. The highest BCUT2D eigenvalue weighted by molar-refractivity contribution is 9.10. The molecule has 0 spiro atoms. The van der Waals surface area contributed by atoms with E-state index >= 15 is 0 Å². The zero-order chi connectivity index (χ0) is 24.7. The van der Waals surface area contributed by atoms with Crippen LogP contribution in [0.3, 0.4) is 0 Å². The van der Waals surface area contributed by atoms with E-state index in [4.69, 9.17) is 44.3 Å². The molecular formula is C23H22BrCl4N3O4. The first-order valence-electron chi connectivity index (χ1n) is 10.1. The molecule has 0 fully saturated rings. The van der Waals surface area contributed by atoms with Crippen molar-refractivity contribution in [1.29, 1.82) is 0 Å². The second-order valence-electron chi connectivity index (χ2n) is 7.16.